The van der Waals surface area contributed by atoms with Crippen molar-refractivity contribution >= 4 is 0 Å². The van der Waals surface area contributed by atoms with Gasteiger partial charge in [-0.1, -0.05) is 0 Å². The molecule has 1 atom stereocenters. The van der Waals surface area contributed by atoms with E-state index in [9.17, 15) is 0 Å². The molecule has 0 radical (unpaired) electrons. The predicted molar refractivity (Wildman–Crippen MR) is 31.6 cm³/mol. The van der Waals surface area contributed by atoms with Crippen molar-refractivity contribution in [2.75, 3.05) is 26.8 Å². The molecule has 1 fully saturated rings. The SMILES string of the molecule is COC[C@@H]1CC[NH2+]C1. The third kappa shape index (κ3) is 1.46. The number of ether oxygens (including phenoxy) is 1. The molecule has 1 aliphatic rings. The summed E-state index contributed by atoms with van der Waals surface area (Å²) in [4.78, 5) is 0. The fourth-order valence-corrected chi connectivity index (χ4v) is 1.21. The van der Waals surface area contributed by atoms with Crippen LogP contribution in [0.3, 0.4) is 0 Å². The van der Waals surface area contributed by atoms with Crippen molar-refractivity contribution in [3.8, 4) is 0 Å². The largest absolute Gasteiger partial charge is 0.384 e. The van der Waals surface area contributed by atoms with E-state index in [0.717, 1.165) is 12.5 Å². The van der Waals surface area contributed by atoms with Gasteiger partial charge in [0.1, 0.15) is 0 Å². The molecule has 0 spiro atoms. The highest BCUT2D eigenvalue weighted by Gasteiger charge is 2.16. The molecule has 8 heavy (non-hydrogen) atoms. The lowest BCUT2D eigenvalue weighted by Crippen LogP contribution is -2.81. The summed E-state index contributed by atoms with van der Waals surface area (Å²) < 4.78 is 5.01. The van der Waals surface area contributed by atoms with Crippen LogP contribution in [0, 0.1) is 5.92 Å². The summed E-state index contributed by atoms with van der Waals surface area (Å²) in [5, 5.41) is 2.35. The van der Waals surface area contributed by atoms with Crippen LogP contribution in [0.25, 0.3) is 0 Å². The quantitative estimate of drug-likeness (QED) is 0.503. The molecule has 48 valence electrons. The molecule has 2 heteroatoms. The topological polar surface area (TPSA) is 25.8 Å². The lowest BCUT2D eigenvalue weighted by molar-refractivity contribution is -0.638. The molecule has 1 saturated heterocycles. The molecule has 0 amide bonds. The Hall–Kier alpha value is -0.0800. The highest BCUT2D eigenvalue weighted by molar-refractivity contribution is 4.57. The van der Waals surface area contributed by atoms with E-state index in [2.05, 4.69) is 5.32 Å². The first-order valence-corrected chi connectivity index (χ1v) is 3.24. The summed E-state index contributed by atoms with van der Waals surface area (Å²) in [6, 6.07) is 0. The number of hydrogen-bond donors (Lipinski definition) is 1. The standard InChI is InChI=1S/C6H13NO/c1-8-5-6-2-3-7-4-6/h6-7H,2-5H2,1H3/p+1/t6-/m1/s1. The Labute approximate surface area is 50.2 Å². The molecule has 1 aliphatic heterocycles. The third-order valence-corrected chi connectivity index (χ3v) is 1.68. The first kappa shape index (κ1) is 6.05. The minimum absolute atomic E-state index is 0.833. The molecule has 0 saturated carbocycles. The molecule has 0 aromatic heterocycles. The van der Waals surface area contributed by atoms with E-state index >= 15 is 0 Å². The fraction of sp³-hybridized carbons (Fsp3) is 1.00. The molecular weight excluding hydrogens is 102 g/mol. The highest BCUT2D eigenvalue weighted by Crippen LogP contribution is 2.01. The van der Waals surface area contributed by atoms with Crippen molar-refractivity contribution in [2.24, 2.45) is 5.92 Å². The lowest BCUT2D eigenvalue weighted by Gasteiger charge is -2.00. The summed E-state index contributed by atoms with van der Waals surface area (Å²) in [6.07, 6.45) is 1.34. The Morgan fingerprint density at radius 3 is 3.12 bits per heavy atom. The third-order valence-electron chi connectivity index (χ3n) is 1.68. The van der Waals surface area contributed by atoms with Gasteiger partial charge in [-0.25, -0.2) is 0 Å². The minimum Gasteiger partial charge on any atom is -0.384 e. The van der Waals surface area contributed by atoms with Crippen LogP contribution in [0.2, 0.25) is 0 Å². The van der Waals surface area contributed by atoms with Crippen molar-refractivity contribution in [3.05, 3.63) is 0 Å². The maximum atomic E-state index is 5.01. The molecule has 0 aromatic carbocycles. The van der Waals surface area contributed by atoms with Crippen LogP contribution in [0.1, 0.15) is 6.42 Å². The highest BCUT2D eigenvalue weighted by atomic mass is 16.5. The zero-order valence-electron chi connectivity index (χ0n) is 5.39. The van der Waals surface area contributed by atoms with E-state index in [1.54, 1.807) is 7.11 Å². The molecule has 2 nitrogen and oxygen atoms in total. The second-order valence-corrected chi connectivity index (χ2v) is 2.42. The zero-order valence-corrected chi connectivity index (χ0v) is 5.39. The molecular formula is C6H14NO+. The van der Waals surface area contributed by atoms with Gasteiger partial charge in [-0.2, -0.15) is 0 Å². The van der Waals surface area contributed by atoms with E-state index in [-0.39, 0.29) is 0 Å². The Balaban J connectivity index is 2.06. The maximum Gasteiger partial charge on any atom is 0.0808 e. The normalized spacial score (nSPS) is 28.9. The Bertz CT molecular complexity index is 59.5. The predicted octanol–water partition coefficient (Wildman–Crippen LogP) is -0.784. The van der Waals surface area contributed by atoms with E-state index in [1.807, 2.05) is 0 Å². The van der Waals surface area contributed by atoms with Crippen LogP contribution in [0.5, 0.6) is 0 Å². The molecule has 0 bridgehead atoms. The molecule has 0 unspecified atom stereocenters. The van der Waals surface area contributed by atoms with Crippen molar-refractivity contribution < 1.29 is 10.1 Å². The van der Waals surface area contributed by atoms with Gasteiger partial charge in [-0.3, -0.25) is 0 Å². The first-order chi connectivity index (χ1) is 3.93. The van der Waals surface area contributed by atoms with Crippen LogP contribution in [-0.4, -0.2) is 26.8 Å². The van der Waals surface area contributed by atoms with Gasteiger partial charge in [0, 0.05) is 19.4 Å². The number of rotatable bonds is 2. The van der Waals surface area contributed by atoms with E-state index in [0.29, 0.717) is 0 Å². The van der Waals surface area contributed by atoms with Gasteiger partial charge in [-0.15, -0.1) is 0 Å². The zero-order chi connectivity index (χ0) is 5.82. The molecule has 0 aliphatic carbocycles. The molecule has 1 heterocycles. The molecule has 0 aromatic rings. The Morgan fingerprint density at radius 1 is 1.75 bits per heavy atom. The van der Waals surface area contributed by atoms with Gasteiger partial charge < -0.3 is 10.1 Å². The summed E-state index contributed by atoms with van der Waals surface area (Å²) >= 11 is 0. The van der Waals surface area contributed by atoms with Crippen LogP contribution in [0.4, 0.5) is 0 Å². The second kappa shape index (κ2) is 3.05. The van der Waals surface area contributed by atoms with Crippen LogP contribution in [-0.2, 0) is 4.74 Å². The lowest BCUT2D eigenvalue weighted by atomic mass is 10.1. The van der Waals surface area contributed by atoms with Gasteiger partial charge in [-0.05, 0) is 0 Å². The molecule has 1 rings (SSSR count). The Kier molecular flexibility index (Phi) is 2.30. The maximum absolute atomic E-state index is 5.01. The van der Waals surface area contributed by atoms with Crippen molar-refractivity contribution in [1.82, 2.24) is 0 Å². The average molecular weight is 116 g/mol. The number of methoxy groups -OCH3 is 1. The van der Waals surface area contributed by atoms with Crippen molar-refractivity contribution in [2.45, 2.75) is 6.42 Å². The monoisotopic (exact) mass is 116 g/mol. The summed E-state index contributed by atoms with van der Waals surface area (Å²) in [5.41, 5.74) is 0. The summed E-state index contributed by atoms with van der Waals surface area (Å²) in [7, 11) is 1.78. The van der Waals surface area contributed by atoms with E-state index < -0.39 is 0 Å². The van der Waals surface area contributed by atoms with Crippen LogP contribution >= 0.6 is 0 Å². The van der Waals surface area contributed by atoms with Gasteiger partial charge in [0.05, 0.1) is 19.7 Å². The van der Waals surface area contributed by atoms with Crippen LogP contribution in [0.15, 0.2) is 0 Å². The van der Waals surface area contributed by atoms with Crippen LogP contribution < -0.4 is 5.32 Å². The van der Waals surface area contributed by atoms with E-state index in [1.165, 1.54) is 19.5 Å². The average Bonchev–Trinajstić information content (AvgIpc) is 2.19. The Morgan fingerprint density at radius 2 is 2.62 bits per heavy atom. The fourth-order valence-electron chi connectivity index (χ4n) is 1.21. The van der Waals surface area contributed by atoms with Crippen molar-refractivity contribution in [3.63, 3.8) is 0 Å². The van der Waals surface area contributed by atoms with Crippen molar-refractivity contribution in [1.29, 1.82) is 0 Å². The van der Waals surface area contributed by atoms with Gasteiger partial charge in [0.2, 0.25) is 0 Å². The first-order valence-electron chi connectivity index (χ1n) is 3.24. The summed E-state index contributed by atoms with van der Waals surface area (Å²) in [6.45, 7) is 3.53. The number of nitrogens with two attached hydrogens (primary N) is 1. The van der Waals surface area contributed by atoms with Gasteiger partial charge in [0.25, 0.3) is 0 Å². The summed E-state index contributed by atoms with van der Waals surface area (Å²) in [5.74, 6) is 0.833. The number of hydrogen-bond acceptors (Lipinski definition) is 1. The van der Waals surface area contributed by atoms with Gasteiger partial charge in [0.15, 0.2) is 0 Å². The van der Waals surface area contributed by atoms with E-state index in [4.69, 9.17) is 4.74 Å². The smallest absolute Gasteiger partial charge is 0.0808 e. The molecule has 2 N–H and O–H groups in total. The minimum atomic E-state index is 0.833. The number of quaternary nitrogens is 1. The second-order valence-electron chi connectivity index (χ2n) is 2.42. The van der Waals surface area contributed by atoms with Gasteiger partial charge >= 0.3 is 0 Å².